The highest BCUT2D eigenvalue weighted by molar-refractivity contribution is 5.99. The number of carbonyl (C=O) groups is 3. The summed E-state index contributed by atoms with van der Waals surface area (Å²) >= 11 is 0. The number of para-hydroxylation sites is 1. The molecule has 0 spiro atoms. The minimum atomic E-state index is -0.945. The third-order valence-corrected chi connectivity index (χ3v) is 4.95. The molecule has 2 aromatic carbocycles. The van der Waals surface area contributed by atoms with Crippen LogP contribution in [0.5, 0.6) is 0 Å². The molecule has 1 unspecified atom stereocenters. The number of rotatable bonds is 7. The normalized spacial score (nSPS) is 11.8. The molecule has 0 aliphatic heterocycles. The Hall–Kier alpha value is -3.79. The fourth-order valence-corrected chi connectivity index (χ4v) is 3.40. The topological polar surface area (TPSA) is 87.7 Å². The minimum absolute atomic E-state index is 0.316. The number of hydrogen-bond donors (Lipinski definition) is 2. The lowest BCUT2D eigenvalue weighted by molar-refractivity contribution is -0.140. The molecule has 3 amide bonds. The quantitative estimate of drug-likeness (QED) is 0.595. The van der Waals surface area contributed by atoms with Crippen LogP contribution in [0.3, 0.4) is 0 Å². The number of nitrogens with one attached hydrogen (secondary N) is 2. The van der Waals surface area contributed by atoms with Crippen molar-refractivity contribution in [3.63, 3.8) is 0 Å². The maximum atomic E-state index is 13.5. The van der Waals surface area contributed by atoms with Crippen molar-refractivity contribution in [2.75, 3.05) is 11.9 Å². The number of nitrogens with zero attached hydrogens (tertiary/aromatic N) is 1. The van der Waals surface area contributed by atoms with Crippen LogP contribution in [-0.4, -0.2) is 41.0 Å². The Bertz CT molecular complexity index is 1060. The highest BCUT2D eigenvalue weighted by Gasteiger charge is 2.34. The highest BCUT2D eigenvalue weighted by Crippen LogP contribution is 2.26. The molecule has 0 aromatic heterocycles. The van der Waals surface area contributed by atoms with Crippen molar-refractivity contribution in [1.29, 1.82) is 0 Å². The second-order valence-corrected chi connectivity index (χ2v) is 9.22. The van der Waals surface area contributed by atoms with Crippen LogP contribution in [0.15, 0.2) is 48.5 Å². The van der Waals surface area contributed by atoms with E-state index in [0.29, 0.717) is 16.8 Å². The smallest absolute Gasteiger partial charge is 0.408 e. The fraction of sp³-hybridized carbons (Fsp3) is 0.370. The molecule has 0 heterocycles. The third kappa shape index (κ3) is 7.38. The number of benzene rings is 2. The monoisotopic (exact) mass is 463 g/mol. The first-order chi connectivity index (χ1) is 15.9. The summed E-state index contributed by atoms with van der Waals surface area (Å²) in [5.74, 6) is 1.76. The molecule has 2 aromatic rings. The average molecular weight is 464 g/mol. The number of carbonyl (C=O) groups excluding carboxylic acids is 3. The van der Waals surface area contributed by atoms with Crippen molar-refractivity contribution < 1.29 is 19.1 Å². The molecule has 0 bridgehead atoms. The zero-order chi connectivity index (χ0) is 25.5. The number of ether oxygens (including phenoxy) is 1. The van der Waals surface area contributed by atoms with Gasteiger partial charge in [-0.3, -0.25) is 9.59 Å². The van der Waals surface area contributed by atoms with Gasteiger partial charge in [-0.15, -0.1) is 6.42 Å². The van der Waals surface area contributed by atoms with E-state index in [4.69, 9.17) is 11.2 Å². The molecule has 180 valence electrons. The van der Waals surface area contributed by atoms with E-state index in [9.17, 15) is 14.4 Å². The molecule has 0 saturated carbocycles. The second kappa shape index (κ2) is 11.4. The summed E-state index contributed by atoms with van der Waals surface area (Å²) in [4.78, 5) is 40.3. The summed E-state index contributed by atoms with van der Waals surface area (Å²) in [6, 6.07) is 13.0. The zero-order valence-electron chi connectivity index (χ0n) is 20.6. The standard InChI is InChI=1S/C27H33N3O4/c1-8-20-13-15-21(16-14-20)24(25(32)29-22-12-10-9-11-19(22)4)30(18(2)3)23(31)17-28-26(33)34-27(5,6)7/h1,9-16,18,24H,17H2,2-7H3,(H,28,33)(H,29,32). The Morgan fingerprint density at radius 2 is 1.68 bits per heavy atom. The summed E-state index contributed by atoms with van der Waals surface area (Å²) < 4.78 is 5.22. The second-order valence-electron chi connectivity index (χ2n) is 9.22. The van der Waals surface area contributed by atoms with E-state index in [-0.39, 0.29) is 18.5 Å². The number of aryl methyl sites for hydroxylation is 1. The van der Waals surface area contributed by atoms with Crippen LogP contribution in [0.4, 0.5) is 10.5 Å². The minimum Gasteiger partial charge on any atom is -0.444 e. The van der Waals surface area contributed by atoms with Gasteiger partial charge in [0, 0.05) is 17.3 Å². The molecule has 0 aliphatic carbocycles. The first-order valence-corrected chi connectivity index (χ1v) is 11.1. The number of amides is 3. The molecule has 7 heteroatoms. The molecule has 2 rings (SSSR count). The van der Waals surface area contributed by atoms with Crippen LogP contribution in [0.2, 0.25) is 0 Å². The molecule has 0 aliphatic rings. The largest absolute Gasteiger partial charge is 0.444 e. The number of alkyl carbamates (subject to hydrolysis) is 1. The Kier molecular flexibility index (Phi) is 8.85. The molecule has 7 nitrogen and oxygen atoms in total. The van der Waals surface area contributed by atoms with Gasteiger partial charge in [-0.2, -0.15) is 0 Å². The van der Waals surface area contributed by atoms with Crippen molar-refractivity contribution in [2.45, 2.75) is 59.2 Å². The van der Waals surface area contributed by atoms with Crippen LogP contribution >= 0.6 is 0 Å². The summed E-state index contributed by atoms with van der Waals surface area (Å²) in [5.41, 5.74) is 2.12. The van der Waals surface area contributed by atoms with E-state index in [2.05, 4.69) is 16.6 Å². The predicted molar refractivity (Wildman–Crippen MR) is 133 cm³/mol. The Morgan fingerprint density at radius 1 is 1.06 bits per heavy atom. The van der Waals surface area contributed by atoms with Crippen LogP contribution in [-0.2, 0) is 14.3 Å². The molecular weight excluding hydrogens is 430 g/mol. The molecule has 0 radical (unpaired) electrons. The van der Waals surface area contributed by atoms with E-state index < -0.39 is 23.6 Å². The van der Waals surface area contributed by atoms with Crippen molar-refractivity contribution in [2.24, 2.45) is 0 Å². The highest BCUT2D eigenvalue weighted by atomic mass is 16.6. The average Bonchev–Trinajstić information content (AvgIpc) is 2.76. The molecule has 0 fully saturated rings. The van der Waals surface area contributed by atoms with Gasteiger partial charge in [-0.25, -0.2) is 4.79 Å². The molecular formula is C27H33N3O4. The molecule has 0 saturated heterocycles. The van der Waals surface area contributed by atoms with Gasteiger partial charge in [0.25, 0.3) is 5.91 Å². The number of anilines is 1. The Morgan fingerprint density at radius 3 is 2.21 bits per heavy atom. The zero-order valence-corrected chi connectivity index (χ0v) is 20.6. The Balaban J connectivity index is 2.37. The molecule has 2 N–H and O–H groups in total. The Labute approximate surface area is 201 Å². The van der Waals surface area contributed by atoms with Crippen molar-refractivity contribution >= 4 is 23.6 Å². The fourth-order valence-electron chi connectivity index (χ4n) is 3.40. The van der Waals surface area contributed by atoms with Gasteiger partial charge in [-0.1, -0.05) is 36.3 Å². The molecule has 1 atom stereocenters. The SMILES string of the molecule is C#Cc1ccc(C(C(=O)Nc2ccccc2C)N(C(=O)CNC(=O)OC(C)(C)C)C(C)C)cc1. The van der Waals surface area contributed by atoms with Gasteiger partial charge < -0.3 is 20.3 Å². The van der Waals surface area contributed by atoms with Gasteiger partial charge in [0.1, 0.15) is 18.2 Å². The van der Waals surface area contributed by atoms with Gasteiger partial charge in [0.05, 0.1) is 0 Å². The number of terminal acetylenes is 1. The van der Waals surface area contributed by atoms with E-state index in [0.717, 1.165) is 5.56 Å². The summed E-state index contributed by atoms with van der Waals surface area (Å²) in [6.45, 7) is 10.4. The van der Waals surface area contributed by atoms with Crippen LogP contribution in [0.1, 0.15) is 57.4 Å². The van der Waals surface area contributed by atoms with Crippen LogP contribution in [0, 0.1) is 19.3 Å². The first-order valence-electron chi connectivity index (χ1n) is 11.1. The molecule has 34 heavy (non-hydrogen) atoms. The lowest BCUT2D eigenvalue weighted by Crippen LogP contribution is -2.49. The third-order valence-electron chi connectivity index (χ3n) is 4.95. The van der Waals surface area contributed by atoms with Crippen LogP contribution in [0.25, 0.3) is 0 Å². The lowest BCUT2D eigenvalue weighted by Gasteiger charge is -2.35. The van der Waals surface area contributed by atoms with E-state index in [1.807, 2.05) is 39.0 Å². The summed E-state index contributed by atoms with van der Waals surface area (Å²) in [5, 5.41) is 5.42. The van der Waals surface area contributed by atoms with Gasteiger partial charge in [0.15, 0.2) is 0 Å². The predicted octanol–water partition coefficient (Wildman–Crippen LogP) is 4.42. The maximum Gasteiger partial charge on any atom is 0.408 e. The van der Waals surface area contributed by atoms with Gasteiger partial charge in [-0.05, 0) is 70.9 Å². The van der Waals surface area contributed by atoms with Crippen molar-refractivity contribution in [1.82, 2.24) is 10.2 Å². The number of hydrogen-bond acceptors (Lipinski definition) is 4. The van der Waals surface area contributed by atoms with Crippen molar-refractivity contribution in [3.8, 4) is 12.3 Å². The summed E-state index contributed by atoms with van der Waals surface area (Å²) in [7, 11) is 0. The van der Waals surface area contributed by atoms with Crippen molar-refractivity contribution in [3.05, 3.63) is 65.2 Å². The first kappa shape index (κ1) is 26.5. The van der Waals surface area contributed by atoms with Gasteiger partial charge >= 0.3 is 6.09 Å². The van der Waals surface area contributed by atoms with Crippen LogP contribution < -0.4 is 10.6 Å². The van der Waals surface area contributed by atoms with E-state index in [1.165, 1.54) is 4.90 Å². The maximum absolute atomic E-state index is 13.5. The van der Waals surface area contributed by atoms with E-state index >= 15 is 0 Å². The summed E-state index contributed by atoms with van der Waals surface area (Å²) in [6.07, 6.45) is 4.77. The lowest BCUT2D eigenvalue weighted by atomic mass is 10.0. The van der Waals surface area contributed by atoms with Gasteiger partial charge in [0.2, 0.25) is 5.91 Å². The van der Waals surface area contributed by atoms with E-state index in [1.54, 1.807) is 51.1 Å².